The molecule has 0 atom stereocenters. The number of aromatic nitrogens is 1. The number of pyridine rings is 1. The van der Waals surface area contributed by atoms with Gasteiger partial charge in [0.2, 0.25) is 5.88 Å². The van der Waals surface area contributed by atoms with Crippen molar-refractivity contribution in [2.24, 2.45) is 0 Å². The first-order valence-electron chi connectivity index (χ1n) is 5.13. The fourth-order valence-electron chi connectivity index (χ4n) is 1.09. The number of ether oxygens (including phenoxy) is 3. The van der Waals surface area contributed by atoms with Crippen LogP contribution in [0, 0.1) is 11.3 Å². The third-order valence-electron chi connectivity index (χ3n) is 1.91. The Kier molecular flexibility index (Phi) is 5.79. The van der Waals surface area contributed by atoms with Crippen molar-refractivity contribution in [1.29, 1.82) is 5.26 Å². The highest BCUT2D eigenvalue weighted by molar-refractivity contribution is 5.51. The summed E-state index contributed by atoms with van der Waals surface area (Å²) in [6.45, 7) is 1.87. The second-order valence-electron chi connectivity index (χ2n) is 3.18. The highest BCUT2D eigenvalue weighted by Gasteiger charge is 2.03. The maximum atomic E-state index is 8.63. The molecule has 6 heteroatoms. The van der Waals surface area contributed by atoms with Gasteiger partial charge in [-0.25, -0.2) is 4.98 Å². The maximum absolute atomic E-state index is 8.63. The largest absolute Gasteiger partial charge is 0.474 e. The van der Waals surface area contributed by atoms with E-state index in [-0.39, 0.29) is 0 Å². The Morgan fingerprint density at radius 3 is 2.76 bits per heavy atom. The number of nitrogens with two attached hydrogens (primary N) is 1. The van der Waals surface area contributed by atoms with Gasteiger partial charge in [0.15, 0.2) is 0 Å². The van der Waals surface area contributed by atoms with Crippen LogP contribution in [0.25, 0.3) is 0 Å². The lowest BCUT2D eigenvalue weighted by Gasteiger charge is -2.08. The molecule has 0 unspecified atom stereocenters. The normalized spacial score (nSPS) is 9.88. The van der Waals surface area contributed by atoms with Crippen LogP contribution in [0.2, 0.25) is 0 Å². The molecular weight excluding hydrogens is 222 g/mol. The molecule has 92 valence electrons. The Morgan fingerprint density at radius 1 is 1.35 bits per heavy atom. The van der Waals surface area contributed by atoms with E-state index in [0.717, 1.165) is 0 Å². The summed E-state index contributed by atoms with van der Waals surface area (Å²) in [7, 11) is 1.61. The molecule has 1 aromatic rings. The van der Waals surface area contributed by atoms with Crippen molar-refractivity contribution in [2.75, 3.05) is 39.3 Å². The average Bonchev–Trinajstić information content (AvgIpc) is 2.35. The molecule has 1 heterocycles. The zero-order valence-electron chi connectivity index (χ0n) is 9.68. The molecule has 0 aromatic carbocycles. The Morgan fingerprint density at radius 2 is 2.12 bits per heavy atom. The summed E-state index contributed by atoms with van der Waals surface area (Å²) in [6, 6.07) is 3.47. The first-order chi connectivity index (χ1) is 8.27. The standard InChI is InChI=1S/C11H15N3O3/c1-15-2-3-16-4-5-17-11-10(13)6-9(7-12)8-14-11/h6,8H,2-5,13H2,1H3. The molecule has 6 nitrogen and oxygen atoms in total. The lowest BCUT2D eigenvalue weighted by Crippen LogP contribution is -2.11. The lowest BCUT2D eigenvalue weighted by atomic mass is 10.3. The Balaban J connectivity index is 2.30. The smallest absolute Gasteiger partial charge is 0.237 e. The first kappa shape index (κ1) is 13.2. The molecule has 17 heavy (non-hydrogen) atoms. The molecule has 0 aliphatic carbocycles. The Labute approximate surface area is 99.9 Å². The number of nitriles is 1. The van der Waals surface area contributed by atoms with Crippen molar-refractivity contribution in [3.8, 4) is 11.9 Å². The molecule has 0 bridgehead atoms. The van der Waals surface area contributed by atoms with Crippen LogP contribution in [0.1, 0.15) is 5.56 Å². The number of nitrogen functional groups attached to an aromatic ring is 1. The molecule has 0 amide bonds. The van der Waals surface area contributed by atoms with E-state index < -0.39 is 0 Å². The molecule has 1 rings (SSSR count). The highest BCUT2D eigenvalue weighted by Crippen LogP contribution is 2.18. The zero-order chi connectivity index (χ0) is 12.5. The molecule has 0 aliphatic rings. The number of rotatable bonds is 7. The van der Waals surface area contributed by atoms with Crippen LogP contribution in [0.4, 0.5) is 5.69 Å². The molecule has 0 spiro atoms. The zero-order valence-corrected chi connectivity index (χ0v) is 9.68. The van der Waals surface area contributed by atoms with Gasteiger partial charge in [0, 0.05) is 13.3 Å². The molecule has 1 aromatic heterocycles. The Hall–Kier alpha value is -1.84. The maximum Gasteiger partial charge on any atom is 0.237 e. The predicted octanol–water partition coefficient (Wildman–Crippen LogP) is 0.577. The van der Waals surface area contributed by atoms with Crippen LogP contribution in [-0.4, -0.2) is 38.5 Å². The lowest BCUT2D eigenvalue weighted by molar-refractivity contribution is 0.0538. The van der Waals surface area contributed by atoms with Crippen LogP contribution >= 0.6 is 0 Å². The average molecular weight is 237 g/mol. The van der Waals surface area contributed by atoms with Gasteiger partial charge in [-0.15, -0.1) is 0 Å². The monoisotopic (exact) mass is 237 g/mol. The number of methoxy groups -OCH3 is 1. The summed E-state index contributed by atoms with van der Waals surface area (Å²) in [4.78, 5) is 3.93. The fraction of sp³-hybridized carbons (Fsp3) is 0.455. The van der Waals surface area contributed by atoms with Crippen LogP contribution in [-0.2, 0) is 9.47 Å². The van der Waals surface area contributed by atoms with E-state index in [9.17, 15) is 0 Å². The van der Waals surface area contributed by atoms with Gasteiger partial charge in [0.25, 0.3) is 0 Å². The van der Waals surface area contributed by atoms with Crippen molar-refractivity contribution in [2.45, 2.75) is 0 Å². The molecule has 0 aliphatic heterocycles. The molecular formula is C11H15N3O3. The number of hydrogen-bond donors (Lipinski definition) is 1. The summed E-state index contributed by atoms with van der Waals surface area (Å²) in [5.41, 5.74) is 6.42. The molecule has 2 N–H and O–H groups in total. The molecule has 0 saturated heterocycles. The van der Waals surface area contributed by atoms with Crippen LogP contribution < -0.4 is 10.5 Å². The molecule has 0 radical (unpaired) electrons. The third-order valence-corrected chi connectivity index (χ3v) is 1.91. The SMILES string of the molecule is COCCOCCOc1ncc(C#N)cc1N. The number of hydrogen-bond acceptors (Lipinski definition) is 6. The van der Waals surface area contributed by atoms with E-state index in [1.54, 1.807) is 7.11 Å². The van der Waals surface area contributed by atoms with Crippen molar-refractivity contribution in [3.63, 3.8) is 0 Å². The van der Waals surface area contributed by atoms with Gasteiger partial charge in [-0.2, -0.15) is 5.26 Å². The second-order valence-corrected chi connectivity index (χ2v) is 3.18. The molecule has 0 fully saturated rings. The minimum atomic E-state index is 0.319. The van der Waals surface area contributed by atoms with Crippen LogP contribution in [0.3, 0.4) is 0 Å². The van der Waals surface area contributed by atoms with Crippen molar-refractivity contribution < 1.29 is 14.2 Å². The topological polar surface area (TPSA) is 90.4 Å². The van der Waals surface area contributed by atoms with Crippen molar-refractivity contribution >= 4 is 5.69 Å². The van der Waals surface area contributed by atoms with E-state index >= 15 is 0 Å². The first-order valence-corrected chi connectivity index (χ1v) is 5.13. The van der Waals surface area contributed by atoms with Gasteiger partial charge in [-0.05, 0) is 6.07 Å². The van der Waals surface area contributed by atoms with E-state index in [0.29, 0.717) is 43.6 Å². The van der Waals surface area contributed by atoms with Gasteiger partial charge < -0.3 is 19.9 Å². The second kappa shape index (κ2) is 7.44. The third kappa shape index (κ3) is 4.68. The molecule has 0 saturated carbocycles. The minimum absolute atomic E-state index is 0.319. The van der Waals surface area contributed by atoms with E-state index in [4.69, 9.17) is 25.2 Å². The highest BCUT2D eigenvalue weighted by atomic mass is 16.5. The summed E-state index contributed by atoms with van der Waals surface area (Å²) in [6.07, 6.45) is 1.41. The van der Waals surface area contributed by atoms with Crippen molar-refractivity contribution in [3.05, 3.63) is 17.8 Å². The summed E-state index contributed by atoms with van der Waals surface area (Å²) < 4.78 is 15.3. The number of anilines is 1. The summed E-state index contributed by atoms with van der Waals surface area (Å²) >= 11 is 0. The van der Waals surface area contributed by atoms with Gasteiger partial charge in [-0.3, -0.25) is 0 Å². The van der Waals surface area contributed by atoms with Gasteiger partial charge in [0.1, 0.15) is 12.7 Å². The predicted molar refractivity (Wildman–Crippen MR) is 61.6 cm³/mol. The van der Waals surface area contributed by atoms with Gasteiger partial charge in [-0.1, -0.05) is 0 Å². The quantitative estimate of drug-likeness (QED) is 0.697. The van der Waals surface area contributed by atoms with Crippen molar-refractivity contribution in [1.82, 2.24) is 4.98 Å². The minimum Gasteiger partial charge on any atom is -0.474 e. The summed E-state index contributed by atoms with van der Waals surface area (Å²) in [5, 5.41) is 8.63. The number of nitrogens with zero attached hydrogens (tertiary/aromatic N) is 2. The van der Waals surface area contributed by atoms with Gasteiger partial charge >= 0.3 is 0 Å². The Bertz CT molecular complexity index is 390. The van der Waals surface area contributed by atoms with E-state index in [2.05, 4.69) is 4.98 Å². The van der Waals surface area contributed by atoms with E-state index in [1.807, 2.05) is 6.07 Å². The summed E-state index contributed by atoms with van der Waals surface area (Å²) in [5.74, 6) is 0.319. The van der Waals surface area contributed by atoms with Crippen LogP contribution in [0.5, 0.6) is 5.88 Å². The fourth-order valence-corrected chi connectivity index (χ4v) is 1.09. The van der Waals surface area contributed by atoms with Crippen LogP contribution in [0.15, 0.2) is 12.3 Å². The van der Waals surface area contributed by atoms with E-state index in [1.165, 1.54) is 12.3 Å². The van der Waals surface area contributed by atoms with Gasteiger partial charge in [0.05, 0.1) is 31.1 Å².